The number of nitrogens with one attached hydrogen (secondary N) is 1. The normalized spacial score (nSPS) is 16.6. The highest BCUT2D eigenvalue weighted by atomic mass is 16.5. The predicted octanol–water partition coefficient (Wildman–Crippen LogP) is 2.10. The lowest BCUT2D eigenvalue weighted by Crippen LogP contribution is -2.30. The molecule has 23 heavy (non-hydrogen) atoms. The Morgan fingerprint density at radius 3 is 2.96 bits per heavy atom. The summed E-state index contributed by atoms with van der Waals surface area (Å²) < 4.78 is 10.4. The molecule has 2 aromatic rings. The molecule has 2 aromatic heterocycles. The second-order valence-electron chi connectivity index (χ2n) is 5.85. The molecule has 1 atom stereocenters. The number of carbonyl (C=O) groups excluding carboxylic acids is 1. The zero-order valence-corrected chi connectivity index (χ0v) is 12.9. The molecule has 124 valence electrons. The van der Waals surface area contributed by atoms with Crippen LogP contribution in [0, 0.1) is 0 Å². The maximum absolute atomic E-state index is 12.0. The van der Waals surface area contributed by atoms with Crippen LogP contribution in [0.15, 0.2) is 27.3 Å². The molecule has 1 saturated carbocycles. The van der Waals surface area contributed by atoms with Gasteiger partial charge in [0.05, 0.1) is 12.9 Å². The Kier molecular flexibility index (Phi) is 5.07. The van der Waals surface area contributed by atoms with Crippen LogP contribution in [0.4, 0.5) is 0 Å². The summed E-state index contributed by atoms with van der Waals surface area (Å²) in [6.07, 6.45) is 6.78. The standard InChI is InChI=1S/C16H21N3O4/c20-10-12(13-6-3-9-22-13)17-14(21)7-8-15-18-16(19-23-15)11-4-1-2-5-11/h3,6,9,11-12,20H,1-2,4-5,7-8,10H2,(H,17,21). The predicted molar refractivity (Wildman–Crippen MR) is 80.5 cm³/mol. The molecule has 1 amide bonds. The highest BCUT2D eigenvalue weighted by Gasteiger charge is 2.22. The van der Waals surface area contributed by atoms with Gasteiger partial charge in [-0.05, 0) is 25.0 Å². The second kappa shape index (κ2) is 7.41. The smallest absolute Gasteiger partial charge is 0.227 e. The molecule has 0 saturated heterocycles. The summed E-state index contributed by atoms with van der Waals surface area (Å²) in [6, 6.07) is 2.90. The molecule has 0 radical (unpaired) electrons. The van der Waals surface area contributed by atoms with Gasteiger partial charge in [0.25, 0.3) is 0 Å². The Hall–Kier alpha value is -2.15. The number of hydrogen-bond donors (Lipinski definition) is 2. The lowest BCUT2D eigenvalue weighted by molar-refractivity contribution is -0.122. The molecular formula is C16H21N3O4. The number of aliphatic hydroxyl groups is 1. The van der Waals surface area contributed by atoms with E-state index in [0.29, 0.717) is 24.0 Å². The fraction of sp³-hybridized carbons (Fsp3) is 0.562. The monoisotopic (exact) mass is 319 g/mol. The van der Waals surface area contributed by atoms with E-state index in [4.69, 9.17) is 8.94 Å². The van der Waals surface area contributed by atoms with Crippen LogP contribution in [0.3, 0.4) is 0 Å². The van der Waals surface area contributed by atoms with Crippen LogP contribution in [-0.4, -0.2) is 27.8 Å². The van der Waals surface area contributed by atoms with Crippen molar-refractivity contribution in [3.05, 3.63) is 35.9 Å². The van der Waals surface area contributed by atoms with Crippen LogP contribution < -0.4 is 5.32 Å². The van der Waals surface area contributed by atoms with Gasteiger partial charge in [-0.15, -0.1) is 0 Å². The fourth-order valence-electron chi connectivity index (χ4n) is 2.90. The Balaban J connectivity index is 1.48. The van der Waals surface area contributed by atoms with E-state index in [1.807, 2.05) is 0 Å². The SMILES string of the molecule is O=C(CCc1nc(C2CCCC2)no1)NC(CO)c1ccco1. The molecule has 0 aromatic carbocycles. The number of aliphatic hydroxyl groups excluding tert-OH is 1. The van der Waals surface area contributed by atoms with E-state index in [2.05, 4.69) is 15.5 Å². The summed E-state index contributed by atoms with van der Waals surface area (Å²) in [6.45, 7) is -0.217. The largest absolute Gasteiger partial charge is 0.467 e. The first-order chi connectivity index (χ1) is 11.3. The van der Waals surface area contributed by atoms with Gasteiger partial charge in [0, 0.05) is 18.8 Å². The summed E-state index contributed by atoms with van der Waals surface area (Å²) in [5.41, 5.74) is 0. The first kappa shape index (κ1) is 15.7. The van der Waals surface area contributed by atoms with Crippen LogP contribution in [0.1, 0.15) is 61.5 Å². The maximum Gasteiger partial charge on any atom is 0.227 e. The van der Waals surface area contributed by atoms with Gasteiger partial charge in [0.15, 0.2) is 5.82 Å². The highest BCUT2D eigenvalue weighted by molar-refractivity contribution is 5.76. The maximum atomic E-state index is 12.0. The van der Waals surface area contributed by atoms with E-state index in [9.17, 15) is 9.90 Å². The molecule has 1 unspecified atom stereocenters. The average molecular weight is 319 g/mol. The molecule has 1 aliphatic carbocycles. The molecule has 0 bridgehead atoms. The van der Waals surface area contributed by atoms with Crippen molar-refractivity contribution in [1.82, 2.24) is 15.5 Å². The van der Waals surface area contributed by atoms with Crippen molar-refractivity contribution < 1.29 is 18.8 Å². The molecule has 2 heterocycles. The van der Waals surface area contributed by atoms with Crippen molar-refractivity contribution >= 4 is 5.91 Å². The van der Waals surface area contributed by atoms with Gasteiger partial charge < -0.3 is 19.4 Å². The van der Waals surface area contributed by atoms with Crippen molar-refractivity contribution in [3.8, 4) is 0 Å². The van der Waals surface area contributed by atoms with E-state index in [0.717, 1.165) is 18.7 Å². The van der Waals surface area contributed by atoms with E-state index in [1.54, 1.807) is 12.1 Å². The van der Waals surface area contributed by atoms with Crippen LogP contribution in [-0.2, 0) is 11.2 Å². The zero-order chi connectivity index (χ0) is 16.1. The lowest BCUT2D eigenvalue weighted by Gasteiger charge is -2.13. The fourth-order valence-corrected chi connectivity index (χ4v) is 2.90. The summed E-state index contributed by atoms with van der Waals surface area (Å²) in [5, 5.41) is 16.1. The Morgan fingerprint density at radius 1 is 1.43 bits per heavy atom. The van der Waals surface area contributed by atoms with E-state index in [-0.39, 0.29) is 18.9 Å². The quantitative estimate of drug-likeness (QED) is 0.810. The Labute approximate surface area is 134 Å². The third kappa shape index (κ3) is 3.98. The summed E-state index contributed by atoms with van der Waals surface area (Å²) in [4.78, 5) is 16.4. The molecule has 0 spiro atoms. The van der Waals surface area contributed by atoms with Crippen molar-refractivity contribution in [1.29, 1.82) is 0 Å². The van der Waals surface area contributed by atoms with Gasteiger partial charge in [-0.2, -0.15) is 4.98 Å². The topological polar surface area (TPSA) is 101 Å². The molecule has 3 rings (SSSR count). The molecule has 2 N–H and O–H groups in total. The Morgan fingerprint density at radius 2 is 2.26 bits per heavy atom. The highest BCUT2D eigenvalue weighted by Crippen LogP contribution is 2.32. The molecule has 7 heteroatoms. The first-order valence-corrected chi connectivity index (χ1v) is 8.02. The number of carbonyl (C=O) groups is 1. The van der Waals surface area contributed by atoms with Crippen molar-refractivity contribution in [2.24, 2.45) is 0 Å². The van der Waals surface area contributed by atoms with Crippen LogP contribution in [0.25, 0.3) is 0 Å². The van der Waals surface area contributed by atoms with Crippen LogP contribution in [0.2, 0.25) is 0 Å². The Bertz CT molecular complexity index is 617. The van der Waals surface area contributed by atoms with Gasteiger partial charge in [0.2, 0.25) is 11.8 Å². The number of furan rings is 1. The summed E-state index contributed by atoms with van der Waals surface area (Å²) in [7, 11) is 0. The minimum absolute atomic E-state index is 0.193. The van der Waals surface area contributed by atoms with Crippen molar-refractivity contribution in [2.45, 2.75) is 50.5 Å². The van der Waals surface area contributed by atoms with Crippen molar-refractivity contribution in [3.63, 3.8) is 0 Å². The minimum Gasteiger partial charge on any atom is -0.467 e. The number of amides is 1. The molecule has 1 fully saturated rings. The third-order valence-electron chi connectivity index (χ3n) is 4.17. The molecular weight excluding hydrogens is 298 g/mol. The van der Waals surface area contributed by atoms with E-state index < -0.39 is 6.04 Å². The van der Waals surface area contributed by atoms with Crippen LogP contribution in [0.5, 0.6) is 0 Å². The number of nitrogens with zero attached hydrogens (tertiary/aromatic N) is 2. The third-order valence-corrected chi connectivity index (χ3v) is 4.17. The van der Waals surface area contributed by atoms with Gasteiger partial charge in [-0.25, -0.2) is 0 Å². The second-order valence-corrected chi connectivity index (χ2v) is 5.85. The average Bonchev–Trinajstić information content (AvgIpc) is 3.32. The van der Waals surface area contributed by atoms with E-state index >= 15 is 0 Å². The van der Waals surface area contributed by atoms with Gasteiger partial charge in [-0.3, -0.25) is 4.79 Å². The van der Waals surface area contributed by atoms with Gasteiger partial charge in [-0.1, -0.05) is 18.0 Å². The zero-order valence-electron chi connectivity index (χ0n) is 12.9. The molecule has 7 nitrogen and oxygen atoms in total. The molecule has 0 aliphatic heterocycles. The number of rotatable bonds is 7. The molecule has 1 aliphatic rings. The van der Waals surface area contributed by atoms with Crippen molar-refractivity contribution in [2.75, 3.05) is 6.61 Å². The summed E-state index contributed by atoms with van der Waals surface area (Å²) >= 11 is 0. The number of hydrogen-bond acceptors (Lipinski definition) is 6. The number of aryl methyl sites for hydroxylation is 1. The summed E-state index contributed by atoms with van der Waals surface area (Å²) in [5.74, 6) is 1.99. The lowest BCUT2D eigenvalue weighted by atomic mass is 10.1. The van der Waals surface area contributed by atoms with Gasteiger partial charge in [0.1, 0.15) is 11.8 Å². The van der Waals surface area contributed by atoms with E-state index in [1.165, 1.54) is 19.1 Å². The van der Waals surface area contributed by atoms with Gasteiger partial charge >= 0.3 is 0 Å². The minimum atomic E-state index is -0.533. The number of aromatic nitrogens is 2. The first-order valence-electron chi connectivity index (χ1n) is 8.02. The van der Waals surface area contributed by atoms with Crippen LogP contribution >= 0.6 is 0 Å².